The molecule has 0 aromatic carbocycles. The second-order valence-corrected chi connectivity index (χ2v) is 6.03. The topological polar surface area (TPSA) is 54.6 Å². The number of nitrogens with zero attached hydrogens (tertiary/aromatic N) is 3. The Hall–Kier alpha value is -0.530. The first kappa shape index (κ1) is 12.5. The summed E-state index contributed by atoms with van der Waals surface area (Å²) in [5.74, 6) is 0. The summed E-state index contributed by atoms with van der Waals surface area (Å²) >= 11 is 1.76. The lowest BCUT2D eigenvalue weighted by Gasteiger charge is -2.46. The van der Waals surface area contributed by atoms with Gasteiger partial charge in [0.25, 0.3) is 0 Å². The van der Waals surface area contributed by atoms with Gasteiger partial charge in [-0.25, -0.2) is 4.98 Å². The molecule has 0 saturated carbocycles. The highest BCUT2D eigenvalue weighted by atomic mass is 32.1. The molecule has 1 aromatic heterocycles. The van der Waals surface area contributed by atoms with E-state index in [1.165, 1.54) is 36.1 Å². The molecule has 3 fully saturated rings. The molecule has 1 atom stereocenters. The minimum atomic E-state index is 0.466. The van der Waals surface area contributed by atoms with Crippen LogP contribution in [0.3, 0.4) is 0 Å². The largest absolute Gasteiger partial charge is 0.378 e. The maximum atomic E-state index is 5.79. The molecule has 3 aliphatic rings. The van der Waals surface area contributed by atoms with E-state index >= 15 is 0 Å². The van der Waals surface area contributed by atoms with Gasteiger partial charge in [0, 0.05) is 51.3 Å². The van der Waals surface area contributed by atoms with Gasteiger partial charge >= 0.3 is 0 Å². The van der Waals surface area contributed by atoms with Gasteiger partial charge in [-0.05, 0) is 0 Å². The van der Waals surface area contributed by atoms with Gasteiger partial charge in [0.2, 0.25) is 0 Å². The Bertz CT molecular complexity index is 414. The van der Waals surface area contributed by atoms with E-state index in [1.807, 2.05) is 0 Å². The van der Waals surface area contributed by atoms with Gasteiger partial charge in [0.15, 0.2) is 0 Å². The number of ether oxygens (including phenoxy) is 1. The molecule has 3 saturated heterocycles. The lowest BCUT2D eigenvalue weighted by molar-refractivity contribution is 0.0121. The molecule has 5 nitrogen and oxygen atoms in total. The zero-order chi connectivity index (χ0) is 12.5. The SMILES string of the molecule is COCc1nc(C2CN3CCN2CC3)sc1CN. The second-order valence-electron chi connectivity index (χ2n) is 4.91. The van der Waals surface area contributed by atoms with Crippen molar-refractivity contribution in [3.63, 3.8) is 0 Å². The van der Waals surface area contributed by atoms with Gasteiger partial charge in [-0.15, -0.1) is 11.3 Å². The Morgan fingerprint density at radius 2 is 2.17 bits per heavy atom. The van der Waals surface area contributed by atoms with Crippen LogP contribution in [-0.4, -0.2) is 54.6 Å². The van der Waals surface area contributed by atoms with E-state index in [9.17, 15) is 0 Å². The first-order valence-corrected chi connectivity index (χ1v) is 7.27. The normalized spacial score (nSPS) is 30.9. The molecule has 0 spiro atoms. The predicted octanol–water partition coefficient (Wildman–Crippen LogP) is 0.421. The maximum absolute atomic E-state index is 5.79. The third kappa shape index (κ3) is 2.19. The summed E-state index contributed by atoms with van der Waals surface area (Å²) in [5, 5.41) is 1.21. The Kier molecular flexibility index (Phi) is 3.63. The number of methoxy groups -OCH3 is 1. The quantitative estimate of drug-likeness (QED) is 0.858. The molecule has 2 bridgehead atoms. The van der Waals surface area contributed by atoms with E-state index in [-0.39, 0.29) is 0 Å². The Balaban J connectivity index is 1.83. The third-order valence-electron chi connectivity index (χ3n) is 3.83. The van der Waals surface area contributed by atoms with Gasteiger partial charge in [0.05, 0.1) is 18.3 Å². The average Bonchev–Trinajstić information content (AvgIpc) is 2.83. The van der Waals surface area contributed by atoms with E-state index in [0.717, 1.165) is 12.2 Å². The molecule has 6 heteroatoms. The smallest absolute Gasteiger partial charge is 0.112 e. The Labute approximate surface area is 112 Å². The zero-order valence-corrected chi connectivity index (χ0v) is 11.6. The van der Waals surface area contributed by atoms with Crippen molar-refractivity contribution < 1.29 is 4.74 Å². The molecule has 1 aromatic rings. The van der Waals surface area contributed by atoms with E-state index < -0.39 is 0 Å². The van der Waals surface area contributed by atoms with Crippen molar-refractivity contribution in [2.75, 3.05) is 39.8 Å². The van der Waals surface area contributed by atoms with Crippen molar-refractivity contribution in [2.24, 2.45) is 5.73 Å². The molecule has 2 N–H and O–H groups in total. The summed E-state index contributed by atoms with van der Waals surface area (Å²) in [7, 11) is 1.71. The summed E-state index contributed by atoms with van der Waals surface area (Å²) in [6, 6.07) is 0.466. The van der Waals surface area contributed by atoms with Crippen LogP contribution in [0.1, 0.15) is 21.6 Å². The minimum absolute atomic E-state index is 0.466. The van der Waals surface area contributed by atoms with E-state index in [2.05, 4.69) is 9.80 Å². The monoisotopic (exact) mass is 268 g/mol. The van der Waals surface area contributed by atoms with Crippen molar-refractivity contribution in [3.05, 3.63) is 15.6 Å². The highest BCUT2D eigenvalue weighted by Gasteiger charge is 2.34. The summed E-state index contributed by atoms with van der Waals surface area (Å²) in [6.07, 6.45) is 0. The first-order chi connectivity index (χ1) is 8.81. The molecule has 18 heavy (non-hydrogen) atoms. The summed E-state index contributed by atoms with van der Waals surface area (Å²) in [4.78, 5) is 11.0. The lowest BCUT2D eigenvalue weighted by Crippen LogP contribution is -2.56. The molecule has 100 valence electrons. The van der Waals surface area contributed by atoms with Crippen LogP contribution in [0.15, 0.2) is 0 Å². The van der Waals surface area contributed by atoms with Crippen LogP contribution in [0.25, 0.3) is 0 Å². The molecule has 1 unspecified atom stereocenters. The summed E-state index contributed by atoms with van der Waals surface area (Å²) < 4.78 is 5.20. The molecular formula is C12H20N4OS. The van der Waals surface area contributed by atoms with Crippen LogP contribution < -0.4 is 5.73 Å². The third-order valence-corrected chi connectivity index (χ3v) is 5.05. The van der Waals surface area contributed by atoms with Gasteiger partial charge in [0.1, 0.15) is 5.01 Å². The van der Waals surface area contributed by atoms with Crippen molar-refractivity contribution >= 4 is 11.3 Å². The van der Waals surface area contributed by atoms with Crippen LogP contribution in [0, 0.1) is 0 Å². The Morgan fingerprint density at radius 1 is 1.39 bits per heavy atom. The zero-order valence-electron chi connectivity index (χ0n) is 10.8. The summed E-state index contributed by atoms with van der Waals surface area (Å²) in [6.45, 7) is 6.99. The molecule has 0 amide bonds. The van der Waals surface area contributed by atoms with Gasteiger partial charge in [-0.1, -0.05) is 0 Å². The van der Waals surface area contributed by atoms with Gasteiger partial charge < -0.3 is 10.5 Å². The first-order valence-electron chi connectivity index (χ1n) is 6.45. The highest BCUT2D eigenvalue weighted by molar-refractivity contribution is 7.11. The number of hydrogen-bond acceptors (Lipinski definition) is 6. The number of thiazole rings is 1. The standard InChI is InChI=1S/C12H20N4OS/c1-17-8-9-11(6-13)18-12(14-9)10-7-15-2-4-16(10)5-3-15/h10H,2-8,13H2,1H3. The van der Waals surface area contributed by atoms with Crippen LogP contribution in [0.5, 0.6) is 0 Å². The second kappa shape index (κ2) is 5.22. The average molecular weight is 268 g/mol. The predicted molar refractivity (Wildman–Crippen MR) is 71.5 cm³/mol. The molecular weight excluding hydrogens is 248 g/mol. The van der Waals surface area contributed by atoms with E-state index in [1.54, 1.807) is 18.4 Å². The van der Waals surface area contributed by atoms with Crippen molar-refractivity contribution in [2.45, 2.75) is 19.2 Å². The van der Waals surface area contributed by atoms with Crippen LogP contribution in [0.2, 0.25) is 0 Å². The van der Waals surface area contributed by atoms with E-state index in [4.69, 9.17) is 15.5 Å². The molecule has 4 rings (SSSR count). The molecule has 3 aliphatic heterocycles. The van der Waals surface area contributed by atoms with E-state index in [0.29, 0.717) is 19.2 Å². The number of fused-ring (bicyclic) bond motifs is 3. The summed E-state index contributed by atoms with van der Waals surface area (Å²) in [5.41, 5.74) is 6.82. The maximum Gasteiger partial charge on any atom is 0.112 e. The van der Waals surface area contributed by atoms with Crippen molar-refractivity contribution in [1.29, 1.82) is 0 Å². The number of rotatable bonds is 4. The van der Waals surface area contributed by atoms with Crippen molar-refractivity contribution in [1.82, 2.24) is 14.8 Å². The lowest BCUT2D eigenvalue weighted by atomic mass is 10.1. The van der Waals surface area contributed by atoms with Crippen LogP contribution in [0.4, 0.5) is 0 Å². The number of aromatic nitrogens is 1. The van der Waals surface area contributed by atoms with Crippen molar-refractivity contribution in [3.8, 4) is 0 Å². The fourth-order valence-corrected chi connectivity index (χ4v) is 3.88. The molecule has 4 heterocycles. The molecule has 0 radical (unpaired) electrons. The van der Waals surface area contributed by atoms with Gasteiger partial charge in [-0.3, -0.25) is 9.80 Å². The number of piperazine rings is 3. The highest BCUT2D eigenvalue weighted by Crippen LogP contribution is 2.32. The van der Waals surface area contributed by atoms with Crippen LogP contribution in [-0.2, 0) is 17.9 Å². The molecule has 0 aliphatic carbocycles. The minimum Gasteiger partial charge on any atom is -0.378 e. The number of hydrogen-bond donors (Lipinski definition) is 1. The fraction of sp³-hybridized carbons (Fsp3) is 0.750. The van der Waals surface area contributed by atoms with Gasteiger partial charge in [-0.2, -0.15) is 0 Å². The van der Waals surface area contributed by atoms with Crippen LogP contribution >= 0.6 is 11.3 Å². The fourth-order valence-electron chi connectivity index (χ4n) is 2.81. The number of nitrogens with two attached hydrogens (primary N) is 1. The Morgan fingerprint density at radius 3 is 2.72 bits per heavy atom.